The van der Waals surface area contributed by atoms with E-state index in [1.165, 1.54) is 11.8 Å². The van der Waals surface area contributed by atoms with Crippen LogP contribution in [0.5, 0.6) is 5.75 Å². The Bertz CT molecular complexity index is 547. The zero-order valence-electron chi connectivity index (χ0n) is 9.05. The SMILES string of the molecule is CSc1cc2ccc(Cl)cc2cc1OB(O)O. The van der Waals surface area contributed by atoms with E-state index in [4.69, 9.17) is 26.3 Å². The van der Waals surface area contributed by atoms with Crippen LogP contribution in [0.15, 0.2) is 35.2 Å². The maximum atomic E-state index is 8.85. The van der Waals surface area contributed by atoms with Crippen molar-refractivity contribution < 1.29 is 14.7 Å². The summed E-state index contributed by atoms with van der Waals surface area (Å²) in [5.74, 6) is 0.433. The van der Waals surface area contributed by atoms with Gasteiger partial charge in [0.25, 0.3) is 0 Å². The molecule has 0 aliphatic heterocycles. The number of halogens is 1. The second kappa shape index (κ2) is 5.18. The average molecular weight is 269 g/mol. The van der Waals surface area contributed by atoms with Gasteiger partial charge in [-0.3, -0.25) is 0 Å². The van der Waals surface area contributed by atoms with E-state index in [1.54, 1.807) is 12.1 Å². The second-order valence-electron chi connectivity index (χ2n) is 3.44. The Hall–Kier alpha value is -0.875. The highest BCUT2D eigenvalue weighted by atomic mass is 35.5. The predicted octanol–water partition coefficient (Wildman–Crippen LogP) is 2.56. The first-order chi connectivity index (χ1) is 8.10. The normalized spacial score (nSPS) is 10.6. The molecule has 0 radical (unpaired) electrons. The summed E-state index contributed by atoms with van der Waals surface area (Å²) in [6.45, 7) is 0. The fourth-order valence-electron chi connectivity index (χ4n) is 1.59. The van der Waals surface area contributed by atoms with Crippen molar-refractivity contribution in [2.45, 2.75) is 4.90 Å². The van der Waals surface area contributed by atoms with Crippen LogP contribution < -0.4 is 4.65 Å². The molecule has 0 aliphatic rings. The van der Waals surface area contributed by atoms with Gasteiger partial charge in [0.15, 0.2) is 0 Å². The summed E-state index contributed by atoms with van der Waals surface area (Å²) in [4.78, 5) is 0.841. The lowest BCUT2D eigenvalue weighted by molar-refractivity contribution is 0.285. The summed E-state index contributed by atoms with van der Waals surface area (Å²) in [6, 6.07) is 9.20. The molecule has 2 N–H and O–H groups in total. The first kappa shape index (κ1) is 12.6. The van der Waals surface area contributed by atoms with Gasteiger partial charge < -0.3 is 14.7 Å². The van der Waals surface area contributed by atoms with E-state index in [0.29, 0.717) is 10.8 Å². The third-order valence-electron chi connectivity index (χ3n) is 2.32. The largest absolute Gasteiger partial charge is 0.707 e. The van der Waals surface area contributed by atoms with Crippen molar-refractivity contribution in [3.63, 3.8) is 0 Å². The molecular formula is C11H10BClO3S. The Balaban J connectivity index is 2.57. The van der Waals surface area contributed by atoms with Crippen molar-refractivity contribution in [3.05, 3.63) is 35.4 Å². The lowest BCUT2D eigenvalue weighted by Gasteiger charge is -2.11. The Morgan fingerprint density at radius 1 is 1.18 bits per heavy atom. The number of thioether (sulfide) groups is 1. The smallest absolute Gasteiger partial charge is 0.511 e. The van der Waals surface area contributed by atoms with Gasteiger partial charge in [0.05, 0.1) is 0 Å². The molecule has 2 aromatic rings. The van der Waals surface area contributed by atoms with E-state index >= 15 is 0 Å². The molecule has 0 saturated heterocycles. The lowest BCUT2D eigenvalue weighted by Crippen LogP contribution is -2.20. The van der Waals surface area contributed by atoms with Crippen molar-refractivity contribution >= 4 is 41.5 Å². The lowest BCUT2D eigenvalue weighted by atomic mass is 10.1. The van der Waals surface area contributed by atoms with Crippen LogP contribution in [-0.2, 0) is 0 Å². The maximum Gasteiger partial charge on any atom is 0.707 e. The van der Waals surface area contributed by atoms with E-state index in [-0.39, 0.29) is 0 Å². The first-order valence-electron chi connectivity index (χ1n) is 4.90. The number of rotatable bonds is 3. The Morgan fingerprint density at radius 2 is 1.94 bits per heavy atom. The van der Waals surface area contributed by atoms with Gasteiger partial charge in [-0.15, -0.1) is 11.8 Å². The third-order valence-corrected chi connectivity index (χ3v) is 3.31. The highest BCUT2D eigenvalue weighted by molar-refractivity contribution is 7.98. The zero-order valence-corrected chi connectivity index (χ0v) is 10.6. The number of benzene rings is 2. The first-order valence-corrected chi connectivity index (χ1v) is 6.50. The standard InChI is InChI=1S/C11H10BClO3S/c1-17-11-6-7-2-3-9(13)4-8(7)5-10(11)16-12(14)15/h2-6,14-15H,1H3. The molecule has 0 saturated carbocycles. The van der Waals surface area contributed by atoms with Gasteiger partial charge in [0, 0.05) is 9.92 Å². The van der Waals surface area contributed by atoms with Gasteiger partial charge >= 0.3 is 7.32 Å². The summed E-state index contributed by atoms with van der Waals surface area (Å²) in [5.41, 5.74) is 0. The van der Waals surface area contributed by atoms with Gasteiger partial charge in [-0.05, 0) is 41.3 Å². The molecule has 0 spiro atoms. The molecule has 2 aromatic carbocycles. The van der Waals surface area contributed by atoms with Gasteiger partial charge in [0.2, 0.25) is 0 Å². The van der Waals surface area contributed by atoms with Crippen molar-refractivity contribution in [1.29, 1.82) is 0 Å². The molecule has 0 aromatic heterocycles. The van der Waals surface area contributed by atoms with Crippen molar-refractivity contribution in [1.82, 2.24) is 0 Å². The summed E-state index contributed by atoms with van der Waals surface area (Å²) < 4.78 is 4.93. The number of hydrogen-bond donors (Lipinski definition) is 2. The maximum absolute atomic E-state index is 8.85. The van der Waals surface area contributed by atoms with Gasteiger partial charge in [-0.1, -0.05) is 17.7 Å². The average Bonchev–Trinajstić information content (AvgIpc) is 2.27. The van der Waals surface area contributed by atoms with Crippen LogP contribution in [0.4, 0.5) is 0 Å². The summed E-state index contributed by atoms with van der Waals surface area (Å²) in [5, 5.41) is 20.3. The second-order valence-corrected chi connectivity index (χ2v) is 4.72. The quantitative estimate of drug-likeness (QED) is 0.663. The molecule has 0 unspecified atom stereocenters. The van der Waals surface area contributed by atoms with E-state index in [1.807, 2.05) is 24.5 Å². The molecule has 0 atom stereocenters. The topological polar surface area (TPSA) is 49.7 Å². The molecule has 6 heteroatoms. The van der Waals surface area contributed by atoms with Crippen LogP contribution in [0.25, 0.3) is 10.8 Å². The summed E-state index contributed by atoms with van der Waals surface area (Å²) in [6.07, 6.45) is 1.90. The van der Waals surface area contributed by atoms with Gasteiger partial charge in [-0.25, -0.2) is 0 Å². The van der Waals surface area contributed by atoms with Crippen LogP contribution in [-0.4, -0.2) is 23.6 Å². The fraction of sp³-hybridized carbons (Fsp3) is 0.0909. The minimum atomic E-state index is -1.82. The summed E-state index contributed by atoms with van der Waals surface area (Å²) in [7, 11) is -1.82. The van der Waals surface area contributed by atoms with Crippen molar-refractivity contribution in [2.75, 3.05) is 6.26 Å². The summed E-state index contributed by atoms with van der Waals surface area (Å²) >= 11 is 7.38. The third kappa shape index (κ3) is 2.87. The number of fused-ring (bicyclic) bond motifs is 1. The molecule has 0 amide bonds. The molecule has 2 rings (SSSR count). The molecule has 88 valence electrons. The Labute approximate surface area is 109 Å². The minimum absolute atomic E-state index is 0.433. The van der Waals surface area contributed by atoms with Crippen LogP contribution in [0.1, 0.15) is 0 Å². The molecule has 0 aliphatic carbocycles. The zero-order chi connectivity index (χ0) is 12.4. The van der Waals surface area contributed by atoms with Gasteiger partial charge in [-0.2, -0.15) is 0 Å². The highest BCUT2D eigenvalue weighted by Gasteiger charge is 2.15. The highest BCUT2D eigenvalue weighted by Crippen LogP contribution is 2.33. The number of hydrogen-bond acceptors (Lipinski definition) is 4. The molecule has 3 nitrogen and oxygen atoms in total. The Morgan fingerprint density at radius 3 is 2.59 bits per heavy atom. The van der Waals surface area contributed by atoms with E-state index in [0.717, 1.165) is 15.7 Å². The monoisotopic (exact) mass is 268 g/mol. The predicted molar refractivity (Wildman–Crippen MR) is 71.6 cm³/mol. The molecule has 0 fully saturated rings. The van der Waals surface area contributed by atoms with Crippen molar-refractivity contribution in [2.24, 2.45) is 0 Å². The van der Waals surface area contributed by atoms with Crippen LogP contribution >= 0.6 is 23.4 Å². The van der Waals surface area contributed by atoms with E-state index in [9.17, 15) is 0 Å². The van der Waals surface area contributed by atoms with Crippen LogP contribution in [0.2, 0.25) is 5.02 Å². The molecule has 0 heterocycles. The fourth-order valence-corrected chi connectivity index (χ4v) is 2.33. The molecular weight excluding hydrogens is 258 g/mol. The van der Waals surface area contributed by atoms with E-state index < -0.39 is 7.32 Å². The van der Waals surface area contributed by atoms with E-state index in [2.05, 4.69) is 0 Å². The van der Waals surface area contributed by atoms with Crippen molar-refractivity contribution in [3.8, 4) is 5.75 Å². The minimum Gasteiger partial charge on any atom is -0.511 e. The Kier molecular flexibility index (Phi) is 3.84. The van der Waals surface area contributed by atoms with Crippen LogP contribution in [0.3, 0.4) is 0 Å². The van der Waals surface area contributed by atoms with Gasteiger partial charge in [0.1, 0.15) is 5.75 Å². The molecule has 0 bridgehead atoms. The molecule has 17 heavy (non-hydrogen) atoms. The van der Waals surface area contributed by atoms with Crippen LogP contribution in [0, 0.1) is 0 Å².